The Balaban J connectivity index is 2.49. The first-order valence-corrected chi connectivity index (χ1v) is 8.48. The van der Waals surface area contributed by atoms with Gasteiger partial charge in [-0.05, 0) is 30.9 Å². The zero-order chi connectivity index (χ0) is 16.8. The molecule has 6 heteroatoms. The van der Waals surface area contributed by atoms with Gasteiger partial charge in [0.05, 0.1) is 5.69 Å². The second-order valence-electron chi connectivity index (χ2n) is 4.82. The first kappa shape index (κ1) is 17.0. The van der Waals surface area contributed by atoms with E-state index in [1.807, 2.05) is 37.4 Å². The second-order valence-corrected chi connectivity index (χ2v) is 5.70. The molecule has 0 radical (unpaired) electrons. The maximum atomic E-state index is 12.5. The fourth-order valence-corrected chi connectivity index (χ4v) is 2.57. The van der Waals surface area contributed by atoms with Crippen LogP contribution in [-0.4, -0.2) is 28.9 Å². The molecule has 120 valence electrons. The van der Waals surface area contributed by atoms with Crippen LogP contribution in [0.4, 0.5) is 0 Å². The molecule has 0 aliphatic heterocycles. The fraction of sp³-hybridized carbons (Fsp3) is 0.235. The Bertz CT molecular complexity index is 796. The maximum Gasteiger partial charge on any atom is 0.214 e. The third kappa shape index (κ3) is 3.90. The van der Waals surface area contributed by atoms with Gasteiger partial charge in [-0.3, -0.25) is 9.59 Å². The number of hydrogen-bond donors (Lipinski definition) is 1. The standard InChI is InChI=1S/C17H19N3O2S/c1-4-12(11-18-2)17(22)16-15(21)8-9-20(19-16)13-6-5-7-14(10-13)23-3/h5-11,18H,4H2,1-3H3/b12-11+. The molecule has 0 aliphatic rings. The molecule has 1 aromatic heterocycles. The van der Waals surface area contributed by atoms with Crippen LogP contribution in [0.25, 0.3) is 5.69 Å². The van der Waals surface area contributed by atoms with E-state index in [1.165, 1.54) is 6.07 Å². The third-order valence-electron chi connectivity index (χ3n) is 3.33. The smallest absolute Gasteiger partial charge is 0.214 e. The van der Waals surface area contributed by atoms with Gasteiger partial charge in [0.25, 0.3) is 0 Å². The minimum Gasteiger partial charge on any atom is -0.394 e. The molecule has 1 heterocycles. The van der Waals surface area contributed by atoms with Gasteiger partial charge in [0.1, 0.15) is 0 Å². The lowest BCUT2D eigenvalue weighted by atomic mass is 10.1. The van der Waals surface area contributed by atoms with Crippen LogP contribution < -0.4 is 10.7 Å². The van der Waals surface area contributed by atoms with E-state index in [0.29, 0.717) is 12.0 Å². The Morgan fingerprint density at radius 2 is 2.17 bits per heavy atom. The summed E-state index contributed by atoms with van der Waals surface area (Å²) in [6, 6.07) is 9.13. The van der Waals surface area contributed by atoms with Gasteiger partial charge in [0.15, 0.2) is 5.69 Å². The van der Waals surface area contributed by atoms with E-state index >= 15 is 0 Å². The summed E-state index contributed by atoms with van der Waals surface area (Å²) < 4.78 is 1.56. The highest BCUT2D eigenvalue weighted by Crippen LogP contribution is 2.18. The molecule has 2 rings (SSSR count). The average Bonchev–Trinajstić information content (AvgIpc) is 2.59. The summed E-state index contributed by atoms with van der Waals surface area (Å²) in [4.78, 5) is 25.6. The van der Waals surface area contributed by atoms with E-state index < -0.39 is 0 Å². The molecule has 0 saturated carbocycles. The van der Waals surface area contributed by atoms with Crippen LogP contribution in [0.2, 0.25) is 0 Å². The number of aromatic nitrogens is 2. The quantitative estimate of drug-likeness (QED) is 0.501. The van der Waals surface area contributed by atoms with E-state index in [2.05, 4.69) is 10.4 Å². The van der Waals surface area contributed by atoms with Gasteiger partial charge in [-0.2, -0.15) is 5.10 Å². The minimum atomic E-state index is -0.372. The van der Waals surface area contributed by atoms with Crippen LogP contribution in [0, 0.1) is 0 Å². The van der Waals surface area contributed by atoms with E-state index in [1.54, 1.807) is 35.9 Å². The van der Waals surface area contributed by atoms with Crippen molar-refractivity contribution in [2.24, 2.45) is 0 Å². The molecule has 0 amide bonds. The van der Waals surface area contributed by atoms with Crippen molar-refractivity contribution in [2.75, 3.05) is 13.3 Å². The summed E-state index contributed by atoms with van der Waals surface area (Å²) in [5.74, 6) is -0.345. The van der Waals surface area contributed by atoms with E-state index in [9.17, 15) is 9.59 Å². The lowest BCUT2D eigenvalue weighted by Crippen LogP contribution is -2.22. The molecular weight excluding hydrogens is 310 g/mol. The SMILES string of the molecule is CC/C(=C\NC)C(=O)c1nn(-c2cccc(SC)c2)ccc1=O. The number of nitrogens with zero attached hydrogens (tertiary/aromatic N) is 2. The fourth-order valence-electron chi connectivity index (χ4n) is 2.12. The van der Waals surface area contributed by atoms with Crippen LogP contribution in [0.5, 0.6) is 0 Å². The van der Waals surface area contributed by atoms with Gasteiger partial charge in [-0.15, -0.1) is 11.8 Å². The lowest BCUT2D eigenvalue weighted by Gasteiger charge is -2.09. The predicted molar refractivity (Wildman–Crippen MR) is 93.4 cm³/mol. The van der Waals surface area contributed by atoms with E-state index in [0.717, 1.165) is 10.6 Å². The Labute approximate surface area is 139 Å². The van der Waals surface area contributed by atoms with Crippen LogP contribution in [-0.2, 0) is 0 Å². The van der Waals surface area contributed by atoms with Crippen molar-refractivity contribution in [3.05, 3.63) is 64.2 Å². The summed E-state index contributed by atoms with van der Waals surface area (Å²) in [5, 5.41) is 7.07. The Kier molecular flexibility index (Phi) is 5.76. The van der Waals surface area contributed by atoms with E-state index in [-0.39, 0.29) is 16.9 Å². The first-order chi connectivity index (χ1) is 11.1. The molecule has 0 fully saturated rings. The predicted octanol–water partition coefficient (Wildman–Crippen LogP) is 2.65. The molecule has 23 heavy (non-hydrogen) atoms. The Morgan fingerprint density at radius 1 is 1.39 bits per heavy atom. The summed E-state index contributed by atoms with van der Waals surface area (Å²) in [7, 11) is 1.72. The van der Waals surface area contributed by atoms with Crippen LogP contribution >= 0.6 is 11.8 Å². The van der Waals surface area contributed by atoms with Crippen molar-refractivity contribution >= 4 is 17.5 Å². The number of rotatable bonds is 6. The minimum absolute atomic E-state index is 0.0644. The Morgan fingerprint density at radius 3 is 2.83 bits per heavy atom. The average molecular weight is 329 g/mol. The van der Waals surface area contributed by atoms with Gasteiger partial charge in [-0.1, -0.05) is 13.0 Å². The number of allylic oxidation sites excluding steroid dienone is 1. The lowest BCUT2D eigenvalue weighted by molar-refractivity contribution is 0.102. The molecule has 1 N–H and O–H groups in total. The number of hydrogen-bond acceptors (Lipinski definition) is 5. The van der Waals surface area contributed by atoms with Crippen LogP contribution in [0.3, 0.4) is 0 Å². The topological polar surface area (TPSA) is 64.0 Å². The van der Waals surface area contributed by atoms with Crippen LogP contribution in [0.1, 0.15) is 23.8 Å². The third-order valence-corrected chi connectivity index (χ3v) is 4.06. The van der Waals surface area contributed by atoms with Crippen molar-refractivity contribution in [1.82, 2.24) is 15.1 Å². The molecule has 0 saturated heterocycles. The van der Waals surface area contributed by atoms with Crippen molar-refractivity contribution in [3.63, 3.8) is 0 Å². The normalized spacial score (nSPS) is 11.3. The summed E-state index contributed by atoms with van der Waals surface area (Å²) in [6.07, 6.45) is 5.70. The summed E-state index contributed by atoms with van der Waals surface area (Å²) in [5.41, 5.74) is 0.891. The van der Waals surface area contributed by atoms with Crippen LogP contribution in [0.15, 0.2) is 58.0 Å². The molecule has 0 bridgehead atoms. The van der Waals surface area contributed by atoms with Crippen molar-refractivity contribution in [1.29, 1.82) is 0 Å². The molecule has 2 aromatic rings. The largest absolute Gasteiger partial charge is 0.394 e. The summed E-state index contributed by atoms with van der Waals surface area (Å²) >= 11 is 1.62. The van der Waals surface area contributed by atoms with Gasteiger partial charge in [0, 0.05) is 36.0 Å². The molecule has 0 aliphatic carbocycles. The van der Waals surface area contributed by atoms with E-state index in [4.69, 9.17) is 0 Å². The molecular formula is C17H19N3O2S. The highest BCUT2D eigenvalue weighted by atomic mass is 32.2. The molecule has 1 aromatic carbocycles. The monoisotopic (exact) mass is 329 g/mol. The van der Waals surface area contributed by atoms with Crippen molar-refractivity contribution in [3.8, 4) is 5.69 Å². The summed E-state index contributed by atoms with van der Waals surface area (Å²) in [6.45, 7) is 1.87. The maximum absolute atomic E-state index is 12.5. The van der Waals surface area contributed by atoms with Crippen molar-refractivity contribution < 1.29 is 4.79 Å². The Hall–Kier alpha value is -2.34. The highest BCUT2D eigenvalue weighted by Gasteiger charge is 2.17. The number of carbonyl (C=O) groups is 1. The molecule has 0 spiro atoms. The zero-order valence-electron chi connectivity index (χ0n) is 13.4. The molecule has 0 unspecified atom stereocenters. The van der Waals surface area contributed by atoms with Gasteiger partial charge >= 0.3 is 0 Å². The van der Waals surface area contributed by atoms with Gasteiger partial charge in [-0.25, -0.2) is 4.68 Å². The first-order valence-electron chi connectivity index (χ1n) is 7.26. The van der Waals surface area contributed by atoms with Gasteiger partial charge < -0.3 is 5.32 Å². The number of benzene rings is 1. The zero-order valence-corrected chi connectivity index (χ0v) is 14.2. The molecule has 5 nitrogen and oxygen atoms in total. The molecule has 0 atom stereocenters. The van der Waals surface area contributed by atoms with Gasteiger partial charge in [0.2, 0.25) is 11.2 Å². The highest BCUT2D eigenvalue weighted by molar-refractivity contribution is 7.98. The number of nitrogens with one attached hydrogen (secondary N) is 1. The second kappa shape index (κ2) is 7.78. The number of Topliss-reactive ketones (excluding diaryl/α,β-unsaturated/α-hetero) is 1. The van der Waals surface area contributed by atoms with Crippen molar-refractivity contribution in [2.45, 2.75) is 18.2 Å². The number of carbonyl (C=O) groups excluding carboxylic acids is 1. The number of ketones is 1. The number of thioether (sulfide) groups is 1.